The van der Waals surface area contributed by atoms with E-state index >= 15 is 0 Å². The summed E-state index contributed by atoms with van der Waals surface area (Å²) in [5.74, 6) is -0.528. The smallest absolute Gasteiger partial charge is 0.251 e. The van der Waals surface area contributed by atoms with Crippen molar-refractivity contribution in [3.05, 3.63) is 35.6 Å². The molecule has 2 heterocycles. The number of fused-ring (bicyclic) bond motifs is 2. The minimum absolute atomic E-state index is 0.163. The molecule has 1 amide bonds. The second-order valence-electron chi connectivity index (χ2n) is 5.64. The molecular weight excluding hydrogens is 243 g/mol. The molecule has 0 radical (unpaired) electrons. The molecule has 3 atom stereocenters. The van der Waals surface area contributed by atoms with Gasteiger partial charge in [0.2, 0.25) is 0 Å². The molecule has 1 unspecified atom stereocenters. The third-order valence-electron chi connectivity index (χ3n) is 4.14. The van der Waals surface area contributed by atoms with Crippen molar-refractivity contribution in [1.82, 2.24) is 10.6 Å². The summed E-state index contributed by atoms with van der Waals surface area (Å²) in [6, 6.07) is 7.15. The monoisotopic (exact) mass is 262 g/mol. The zero-order valence-corrected chi connectivity index (χ0v) is 10.9. The number of amides is 1. The molecule has 0 aliphatic carbocycles. The van der Waals surface area contributed by atoms with Gasteiger partial charge < -0.3 is 10.6 Å². The van der Waals surface area contributed by atoms with Gasteiger partial charge in [-0.15, -0.1) is 0 Å². The molecule has 2 bridgehead atoms. The van der Waals surface area contributed by atoms with Gasteiger partial charge in [-0.2, -0.15) is 0 Å². The quantitative estimate of drug-likeness (QED) is 0.858. The second kappa shape index (κ2) is 5.29. The third kappa shape index (κ3) is 2.95. The number of rotatable bonds is 2. The van der Waals surface area contributed by atoms with E-state index < -0.39 is 0 Å². The molecule has 4 heteroatoms. The van der Waals surface area contributed by atoms with Crippen LogP contribution in [0.25, 0.3) is 0 Å². The van der Waals surface area contributed by atoms with Gasteiger partial charge in [0.05, 0.1) is 0 Å². The van der Waals surface area contributed by atoms with E-state index in [9.17, 15) is 9.18 Å². The van der Waals surface area contributed by atoms with Crippen molar-refractivity contribution in [2.45, 2.75) is 50.2 Å². The summed E-state index contributed by atoms with van der Waals surface area (Å²) in [7, 11) is 0. The lowest BCUT2D eigenvalue weighted by Gasteiger charge is -2.40. The number of benzene rings is 1. The fourth-order valence-electron chi connectivity index (χ4n) is 3.28. The minimum atomic E-state index is -0.366. The molecule has 0 spiro atoms. The molecule has 1 aromatic carbocycles. The zero-order chi connectivity index (χ0) is 13.2. The summed E-state index contributed by atoms with van der Waals surface area (Å²) >= 11 is 0. The van der Waals surface area contributed by atoms with E-state index in [1.165, 1.54) is 31.4 Å². The maximum Gasteiger partial charge on any atom is 0.251 e. The van der Waals surface area contributed by atoms with Gasteiger partial charge in [-0.25, -0.2) is 4.39 Å². The van der Waals surface area contributed by atoms with Crippen LogP contribution in [0.15, 0.2) is 24.3 Å². The molecule has 2 saturated heterocycles. The maximum atomic E-state index is 13.1. The molecule has 2 aliphatic rings. The lowest BCUT2D eigenvalue weighted by atomic mass is 9.84. The van der Waals surface area contributed by atoms with Gasteiger partial charge in [-0.3, -0.25) is 4.79 Å². The summed E-state index contributed by atoms with van der Waals surface area (Å²) in [6.07, 6.45) is 5.65. The SMILES string of the molecule is O=C(NC1C[C@H]2CCC[C@@H](C1)N2)c1cccc(F)c1. The lowest BCUT2D eigenvalue weighted by Crippen LogP contribution is -2.54. The molecule has 1 aromatic rings. The summed E-state index contributed by atoms with van der Waals surface area (Å²) in [5, 5.41) is 6.64. The van der Waals surface area contributed by atoms with E-state index in [0.29, 0.717) is 17.6 Å². The van der Waals surface area contributed by atoms with Gasteiger partial charge in [0.1, 0.15) is 5.82 Å². The van der Waals surface area contributed by atoms with E-state index in [-0.39, 0.29) is 17.8 Å². The van der Waals surface area contributed by atoms with Gasteiger partial charge in [-0.1, -0.05) is 12.5 Å². The van der Waals surface area contributed by atoms with Gasteiger partial charge >= 0.3 is 0 Å². The summed E-state index contributed by atoms with van der Waals surface area (Å²) in [5.41, 5.74) is 0.406. The van der Waals surface area contributed by atoms with Gasteiger partial charge in [0.15, 0.2) is 0 Å². The van der Waals surface area contributed by atoms with E-state index in [4.69, 9.17) is 0 Å². The van der Waals surface area contributed by atoms with Gasteiger partial charge in [-0.05, 0) is 43.9 Å². The van der Waals surface area contributed by atoms with Crippen LogP contribution in [0, 0.1) is 5.82 Å². The van der Waals surface area contributed by atoms with Gasteiger partial charge in [0, 0.05) is 23.7 Å². The highest BCUT2D eigenvalue weighted by atomic mass is 19.1. The first-order valence-corrected chi connectivity index (χ1v) is 7.03. The molecule has 2 fully saturated rings. The highest BCUT2D eigenvalue weighted by molar-refractivity contribution is 5.94. The standard InChI is InChI=1S/C15H19FN2O/c16-11-4-1-3-10(7-11)15(19)18-14-8-12-5-2-6-13(9-14)17-12/h1,3-4,7,12-14,17H,2,5-6,8-9H2,(H,18,19)/t12-,13+,14?. The van der Waals surface area contributed by atoms with Crippen LogP contribution in [0.2, 0.25) is 0 Å². The number of piperidine rings is 2. The van der Waals surface area contributed by atoms with Crippen molar-refractivity contribution in [3.8, 4) is 0 Å². The van der Waals surface area contributed by atoms with Crippen LogP contribution in [0.5, 0.6) is 0 Å². The van der Waals surface area contributed by atoms with Crippen LogP contribution in [0.4, 0.5) is 4.39 Å². The molecule has 102 valence electrons. The molecule has 0 aromatic heterocycles. The Kier molecular flexibility index (Phi) is 3.51. The Morgan fingerprint density at radius 2 is 2.00 bits per heavy atom. The fourth-order valence-corrected chi connectivity index (χ4v) is 3.28. The average molecular weight is 262 g/mol. The normalized spacial score (nSPS) is 29.8. The number of carbonyl (C=O) groups is 1. The Hall–Kier alpha value is -1.42. The highest BCUT2D eigenvalue weighted by Gasteiger charge is 2.31. The van der Waals surface area contributed by atoms with E-state index in [0.717, 1.165) is 12.8 Å². The van der Waals surface area contributed by atoms with Gasteiger partial charge in [0.25, 0.3) is 5.91 Å². The van der Waals surface area contributed by atoms with Crippen LogP contribution in [-0.2, 0) is 0 Å². The Bertz CT molecular complexity index is 465. The van der Waals surface area contributed by atoms with Crippen LogP contribution in [0.3, 0.4) is 0 Å². The van der Waals surface area contributed by atoms with Crippen molar-refractivity contribution in [2.75, 3.05) is 0 Å². The number of hydrogen-bond donors (Lipinski definition) is 2. The molecule has 0 saturated carbocycles. The van der Waals surface area contributed by atoms with E-state index in [2.05, 4.69) is 10.6 Å². The fraction of sp³-hybridized carbons (Fsp3) is 0.533. The zero-order valence-electron chi connectivity index (χ0n) is 10.9. The molecule has 3 rings (SSSR count). The Morgan fingerprint density at radius 3 is 2.68 bits per heavy atom. The number of halogens is 1. The van der Waals surface area contributed by atoms with Crippen LogP contribution in [-0.4, -0.2) is 24.0 Å². The topological polar surface area (TPSA) is 41.1 Å². The molecule has 2 N–H and O–H groups in total. The Balaban J connectivity index is 1.63. The van der Waals surface area contributed by atoms with Crippen molar-refractivity contribution < 1.29 is 9.18 Å². The number of nitrogens with one attached hydrogen (secondary N) is 2. The van der Waals surface area contributed by atoms with Crippen LogP contribution < -0.4 is 10.6 Å². The predicted molar refractivity (Wildman–Crippen MR) is 71.5 cm³/mol. The van der Waals surface area contributed by atoms with Crippen molar-refractivity contribution >= 4 is 5.91 Å². The molecular formula is C15H19FN2O. The van der Waals surface area contributed by atoms with Crippen LogP contribution in [0.1, 0.15) is 42.5 Å². The first-order valence-electron chi connectivity index (χ1n) is 7.03. The van der Waals surface area contributed by atoms with Crippen molar-refractivity contribution in [3.63, 3.8) is 0 Å². The minimum Gasteiger partial charge on any atom is -0.349 e. The average Bonchev–Trinajstić information content (AvgIpc) is 2.38. The van der Waals surface area contributed by atoms with E-state index in [1.807, 2.05) is 0 Å². The summed E-state index contributed by atoms with van der Waals surface area (Å²) < 4.78 is 13.1. The second-order valence-corrected chi connectivity index (χ2v) is 5.64. The number of carbonyl (C=O) groups excluding carboxylic acids is 1. The van der Waals surface area contributed by atoms with Crippen LogP contribution >= 0.6 is 0 Å². The summed E-state index contributed by atoms with van der Waals surface area (Å²) in [4.78, 5) is 12.1. The van der Waals surface area contributed by atoms with E-state index in [1.54, 1.807) is 12.1 Å². The largest absolute Gasteiger partial charge is 0.349 e. The Morgan fingerprint density at radius 1 is 1.26 bits per heavy atom. The maximum absolute atomic E-state index is 13.1. The third-order valence-corrected chi connectivity index (χ3v) is 4.14. The first kappa shape index (κ1) is 12.6. The molecule has 2 aliphatic heterocycles. The number of hydrogen-bond acceptors (Lipinski definition) is 2. The summed E-state index contributed by atoms with van der Waals surface area (Å²) in [6.45, 7) is 0. The molecule has 19 heavy (non-hydrogen) atoms. The highest BCUT2D eigenvalue weighted by Crippen LogP contribution is 2.25. The van der Waals surface area contributed by atoms with Crippen molar-refractivity contribution in [1.29, 1.82) is 0 Å². The Labute approximate surface area is 112 Å². The van der Waals surface area contributed by atoms with Crippen molar-refractivity contribution in [2.24, 2.45) is 0 Å². The first-order chi connectivity index (χ1) is 9.20. The lowest BCUT2D eigenvalue weighted by molar-refractivity contribution is 0.0906. The predicted octanol–water partition coefficient (Wildman–Crippen LogP) is 2.23. The molecule has 3 nitrogen and oxygen atoms in total.